The number of rotatable bonds is 8. The molecule has 2 rings (SSSR count). The lowest BCUT2D eigenvalue weighted by atomic mass is 10.0. The van der Waals surface area contributed by atoms with Gasteiger partial charge < -0.3 is 10.4 Å². The Hall–Kier alpha value is -2.30. The van der Waals surface area contributed by atoms with E-state index in [1.54, 1.807) is 18.3 Å². The number of nitrogens with two attached hydrogens (primary N) is 1. The number of carbonyl (C=O) groups is 1. The molecule has 0 unspecified atom stereocenters. The van der Waals surface area contributed by atoms with Crippen LogP contribution in [0.5, 0.6) is 0 Å². The predicted octanol–water partition coefficient (Wildman–Crippen LogP) is 0.288. The summed E-state index contributed by atoms with van der Waals surface area (Å²) in [4.78, 5) is 12.4. The van der Waals surface area contributed by atoms with Crippen LogP contribution < -0.4 is 10.5 Å². The van der Waals surface area contributed by atoms with E-state index in [4.69, 9.17) is 10.2 Å². The van der Waals surface area contributed by atoms with Crippen molar-refractivity contribution in [2.75, 3.05) is 13.2 Å². The number of nitrogens with one attached hydrogen (secondary N) is 1. The van der Waals surface area contributed by atoms with Crippen LogP contribution in [0.4, 0.5) is 0 Å². The van der Waals surface area contributed by atoms with Crippen LogP contribution in [-0.2, 0) is 14.8 Å². The Labute approximate surface area is 152 Å². The summed E-state index contributed by atoms with van der Waals surface area (Å²) in [6, 6.07) is 5.41. The average molecular weight is 381 g/mol. The Bertz CT molecular complexity index is 846. The molecule has 0 bridgehead atoms. The van der Waals surface area contributed by atoms with Crippen molar-refractivity contribution in [2.24, 2.45) is 11.1 Å². The van der Waals surface area contributed by atoms with Crippen molar-refractivity contribution < 1.29 is 18.3 Å². The second kappa shape index (κ2) is 8.39. The fraction of sp³-hybridized carbons (Fsp3) is 0.438. The van der Waals surface area contributed by atoms with Gasteiger partial charge in [-0.3, -0.25) is 4.79 Å². The highest BCUT2D eigenvalue weighted by Gasteiger charge is 2.25. The standard InChI is InChI=1S/C16H23N5O4S/c1-11(2)15(16(23)18-8-3-9-22)21-10-14(19-20-21)12-4-6-13(7-5-12)26(17,24)25/h4-7,10-11,15,22H,3,8-9H2,1-2H3,(H,18,23)(H2,17,24,25)/t15-/m0/s1. The minimum Gasteiger partial charge on any atom is -0.396 e. The smallest absolute Gasteiger partial charge is 0.245 e. The van der Waals surface area contributed by atoms with Gasteiger partial charge in [-0.2, -0.15) is 0 Å². The van der Waals surface area contributed by atoms with Crippen LogP contribution in [-0.4, -0.2) is 47.6 Å². The van der Waals surface area contributed by atoms with Crippen LogP contribution in [0, 0.1) is 5.92 Å². The van der Waals surface area contributed by atoms with Gasteiger partial charge in [0.25, 0.3) is 0 Å². The number of hydrogen-bond donors (Lipinski definition) is 3. The Morgan fingerprint density at radius 2 is 1.96 bits per heavy atom. The molecule has 10 heteroatoms. The molecule has 142 valence electrons. The Morgan fingerprint density at radius 3 is 2.50 bits per heavy atom. The maximum atomic E-state index is 12.4. The molecule has 1 aromatic heterocycles. The van der Waals surface area contributed by atoms with Crippen LogP contribution in [0.15, 0.2) is 35.4 Å². The minimum atomic E-state index is -3.76. The van der Waals surface area contributed by atoms with Crippen molar-refractivity contribution in [1.82, 2.24) is 20.3 Å². The molecule has 0 saturated heterocycles. The van der Waals surface area contributed by atoms with Crippen molar-refractivity contribution in [3.63, 3.8) is 0 Å². The molecule has 9 nitrogen and oxygen atoms in total. The van der Waals surface area contributed by atoms with Gasteiger partial charge in [-0.15, -0.1) is 5.10 Å². The molecule has 0 spiro atoms. The van der Waals surface area contributed by atoms with Gasteiger partial charge in [-0.1, -0.05) is 31.2 Å². The monoisotopic (exact) mass is 381 g/mol. The van der Waals surface area contributed by atoms with Gasteiger partial charge >= 0.3 is 0 Å². The lowest BCUT2D eigenvalue weighted by Crippen LogP contribution is -2.36. The van der Waals surface area contributed by atoms with E-state index in [9.17, 15) is 13.2 Å². The number of benzene rings is 1. The number of aliphatic hydroxyl groups excluding tert-OH is 1. The first kappa shape index (κ1) is 20.0. The normalized spacial score (nSPS) is 13.0. The van der Waals surface area contributed by atoms with E-state index in [0.29, 0.717) is 24.2 Å². The van der Waals surface area contributed by atoms with Crippen molar-refractivity contribution in [2.45, 2.75) is 31.2 Å². The van der Waals surface area contributed by atoms with E-state index in [-0.39, 0.29) is 23.3 Å². The molecular weight excluding hydrogens is 358 g/mol. The first-order valence-electron chi connectivity index (χ1n) is 8.17. The summed E-state index contributed by atoms with van der Waals surface area (Å²) in [5.41, 5.74) is 1.17. The molecule has 1 heterocycles. The highest BCUT2D eigenvalue weighted by atomic mass is 32.2. The summed E-state index contributed by atoms with van der Waals surface area (Å²) in [6.45, 7) is 4.20. The number of aromatic nitrogens is 3. The lowest BCUT2D eigenvalue weighted by molar-refractivity contribution is -0.125. The SMILES string of the molecule is CC(C)[C@@H](C(=O)NCCCO)n1cc(-c2ccc(S(N)(=O)=O)cc2)nn1. The first-order valence-corrected chi connectivity index (χ1v) is 9.72. The van der Waals surface area contributed by atoms with Gasteiger partial charge in [-0.05, 0) is 24.5 Å². The largest absolute Gasteiger partial charge is 0.396 e. The number of hydrogen-bond acceptors (Lipinski definition) is 6. The van der Waals surface area contributed by atoms with Crippen molar-refractivity contribution in [1.29, 1.82) is 0 Å². The predicted molar refractivity (Wildman–Crippen MR) is 95.4 cm³/mol. The highest BCUT2D eigenvalue weighted by Crippen LogP contribution is 2.22. The van der Waals surface area contributed by atoms with Crippen molar-refractivity contribution >= 4 is 15.9 Å². The van der Waals surface area contributed by atoms with Gasteiger partial charge in [0, 0.05) is 18.7 Å². The van der Waals surface area contributed by atoms with E-state index in [1.165, 1.54) is 16.8 Å². The van der Waals surface area contributed by atoms with Crippen molar-refractivity contribution in [3.05, 3.63) is 30.5 Å². The number of amides is 1. The Morgan fingerprint density at radius 1 is 1.31 bits per heavy atom. The average Bonchev–Trinajstić information content (AvgIpc) is 3.03. The van der Waals surface area contributed by atoms with Crippen LogP contribution in [0.3, 0.4) is 0 Å². The summed E-state index contributed by atoms with van der Waals surface area (Å²) < 4.78 is 24.1. The number of primary sulfonamides is 1. The maximum absolute atomic E-state index is 12.4. The zero-order valence-corrected chi connectivity index (χ0v) is 15.5. The molecule has 26 heavy (non-hydrogen) atoms. The molecule has 0 aliphatic heterocycles. The van der Waals surface area contributed by atoms with E-state index in [0.717, 1.165) is 0 Å². The lowest BCUT2D eigenvalue weighted by Gasteiger charge is -2.19. The summed E-state index contributed by atoms with van der Waals surface area (Å²) in [5.74, 6) is -0.224. The van der Waals surface area contributed by atoms with Crippen LogP contribution in [0.25, 0.3) is 11.3 Å². The molecule has 0 aliphatic rings. The third-order valence-corrected chi connectivity index (χ3v) is 4.74. The second-order valence-electron chi connectivity index (χ2n) is 6.21. The van der Waals surface area contributed by atoms with Crippen LogP contribution in [0.1, 0.15) is 26.3 Å². The maximum Gasteiger partial charge on any atom is 0.245 e. The fourth-order valence-electron chi connectivity index (χ4n) is 2.48. The molecule has 2 aromatic rings. The summed E-state index contributed by atoms with van der Waals surface area (Å²) >= 11 is 0. The molecular formula is C16H23N5O4S. The van der Waals surface area contributed by atoms with Gasteiger partial charge in [0.05, 0.1) is 11.1 Å². The fourth-order valence-corrected chi connectivity index (χ4v) is 3.00. The second-order valence-corrected chi connectivity index (χ2v) is 7.77. The molecule has 1 aromatic carbocycles. The topological polar surface area (TPSA) is 140 Å². The number of aliphatic hydroxyl groups is 1. The highest BCUT2D eigenvalue weighted by molar-refractivity contribution is 7.89. The molecule has 1 amide bonds. The van der Waals surface area contributed by atoms with E-state index in [1.807, 2.05) is 13.8 Å². The molecule has 0 saturated carbocycles. The van der Waals surface area contributed by atoms with E-state index in [2.05, 4.69) is 15.6 Å². The van der Waals surface area contributed by atoms with Crippen molar-refractivity contribution in [3.8, 4) is 11.3 Å². The number of sulfonamides is 1. The Balaban J connectivity index is 2.22. The molecule has 0 fully saturated rings. The van der Waals surface area contributed by atoms with Crippen LogP contribution in [0.2, 0.25) is 0 Å². The summed E-state index contributed by atoms with van der Waals surface area (Å²) in [7, 11) is -3.76. The Kier molecular flexibility index (Phi) is 6.46. The third kappa shape index (κ3) is 4.87. The zero-order valence-electron chi connectivity index (χ0n) is 14.7. The molecule has 0 radical (unpaired) electrons. The van der Waals surface area contributed by atoms with Gasteiger partial charge in [0.1, 0.15) is 11.7 Å². The van der Waals surface area contributed by atoms with Gasteiger partial charge in [0.2, 0.25) is 15.9 Å². The van der Waals surface area contributed by atoms with Crippen LogP contribution >= 0.6 is 0 Å². The summed E-state index contributed by atoms with van der Waals surface area (Å²) in [6.07, 6.45) is 2.12. The van der Waals surface area contributed by atoms with Gasteiger partial charge in [0.15, 0.2) is 0 Å². The third-order valence-electron chi connectivity index (χ3n) is 3.81. The van der Waals surface area contributed by atoms with E-state index < -0.39 is 16.1 Å². The minimum absolute atomic E-state index is 0.00855. The first-order chi connectivity index (χ1) is 12.2. The quantitative estimate of drug-likeness (QED) is 0.561. The number of nitrogens with zero attached hydrogens (tertiary/aromatic N) is 3. The zero-order chi connectivity index (χ0) is 19.3. The number of carbonyl (C=O) groups excluding carboxylic acids is 1. The van der Waals surface area contributed by atoms with Gasteiger partial charge in [-0.25, -0.2) is 18.2 Å². The summed E-state index contributed by atoms with van der Waals surface area (Å²) in [5, 5.41) is 24.8. The molecule has 0 aliphatic carbocycles. The molecule has 4 N–H and O–H groups in total. The van der Waals surface area contributed by atoms with E-state index >= 15 is 0 Å². The molecule has 1 atom stereocenters.